The number of nitrogens with zero attached hydrogens (tertiary/aromatic N) is 6. The van der Waals surface area contributed by atoms with E-state index in [-0.39, 0.29) is 11.9 Å². The molecule has 0 saturated carbocycles. The smallest absolute Gasteiger partial charge is 0.247 e. The minimum absolute atomic E-state index is 0.0344. The molecule has 1 aliphatic rings. The van der Waals surface area contributed by atoms with Gasteiger partial charge in [0.25, 0.3) is 0 Å². The van der Waals surface area contributed by atoms with Gasteiger partial charge < -0.3 is 10.2 Å². The number of nitrogens with one attached hydrogen (secondary N) is 1. The first-order valence-electron chi connectivity index (χ1n) is 10.1. The van der Waals surface area contributed by atoms with Crippen LogP contribution in [0.15, 0.2) is 48.9 Å². The van der Waals surface area contributed by atoms with Gasteiger partial charge in [-0.25, -0.2) is 15.0 Å². The van der Waals surface area contributed by atoms with Gasteiger partial charge in [0.15, 0.2) is 5.82 Å². The number of rotatable bonds is 5. The highest BCUT2D eigenvalue weighted by Crippen LogP contribution is 2.30. The van der Waals surface area contributed by atoms with Crippen LogP contribution in [-0.2, 0) is 11.8 Å². The number of hydrogen-bond acceptors (Lipinski definition) is 6. The third-order valence-electron chi connectivity index (χ3n) is 5.02. The summed E-state index contributed by atoms with van der Waals surface area (Å²) in [6.07, 6.45) is 11.6. The maximum Gasteiger partial charge on any atom is 0.247 e. The molecule has 4 rings (SSSR count). The molecule has 1 aliphatic heterocycles. The van der Waals surface area contributed by atoms with Gasteiger partial charge in [0.2, 0.25) is 5.91 Å². The molecule has 1 fully saturated rings. The molecule has 0 spiro atoms. The molecule has 3 aromatic heterocycles. The monoisotopic (exact) mass is 403 g/mol. The number of hydrogen-bond donors (Lipinski definition) is 1. The Bertz CT molecular complexity index is 1040. The minimum Gasteiger partial charge on any atom is -0.329 e. The van der Waals surface area contributed by atoms with Crippen molar-refractivity contribution in [3.8, 4) is 0 Å². The molecule has 0 aliphatic carbocycles. The second-order valence-electron chi connectivity index (χ2n) is 7.42. The van der Waals surface area contributed by atoms with E-state index in [0.717, 1.165) is 36.3 Å². The molecular weight excluding hydrogens is 378 g/mol. The van der Waals surface area contributed by atoms with Crippen molar-refractivity contribution in [2.24, 2.45) is 7.05 Å². The van der Waals surface area contributed by atoms with Crippen molar-refractivity contribution in [2.75, 3.05) is 11.9 Å². The summed E-state index contributed by atoms with van der Waals surface area (Å²) in [5, 5.41) is 7.36. The zero-order valence-corrected chi connectivity index (χ0v) is 17.2. The molecule has 3 aromatic rings. The van der Waals surface area contributed by atoms with Crippen LogP contribution < -0.4 is 5.32 Å². The van der Waals surface area contributed by atoms with Gasteiger partial charge in [0, 0.05) is 49.4 Å². The van der Waals surface area contributed by atoms with Gasteiger partial charge in [-0.3, -0.25) is 9.48 Å². The molecule has 154 valence electrons. The van der Waals surface area contributed by atoms with E-state index in [9.17, 15) is 4.79 Å². The van der Waals surface area contributed by atoms with E-state index >= 15 is 0 Å². The number of pyridine rings is 1. The lowest BCUT2D eigenvalue weighted by Crippen LogP contribution is -2.38. The Balaban J connectivity index is 1.56. The van der Waals surface area contributed by atoms with Gasteiger partial charge in [-0.15, -0.1) is 0 Å². The Kier molecular flexibility index (Phi) is 5.83. The summed E-state index contributed by atoms with van der Waals surface area (Å²) in [6, 6.07) is 7.41. The molecular formula is C22H25N7O. The molecule has 0 aromatic carbocycles. The molecule has 1 atom stereocenters. The largest absolute Gasteiger partial charge is 0.329 e. The number of carbonyl (C=O) groups excluding carboxylic acids is 1. The van der Waals surface area contributed by atoms with Crippen LogP contribution in [0, 0.1) is 6.92 Å². The van der Waals surface area contributed by atoms with E-state index in [2.05, 4.69) is 20.4 Å². The maximum atomic E-state index is 13.0. The molecule has 0 unspecified atom stereocenters. The van der Waals surface area contributed by atoms with E-state index in [1.165, 1.54) is 0 Å². The van der Waals surface area contributed by atoms with Crippen molar-refractivity contribution in [2.45, 2.75) is 32.2 Å². The number of anilines is 2. The lowest BCUT2D eigenvalue weighted by molar-refractivity contribution is -0.129. The zero-order chi connectivity index (χ0) is 20.9. The Morgan fingerprint density at radius 1 is 1.23 bits per heavy atom. The summed E-state index contributed by atoms with van der Waals surface area (Å²) >= 11 is 0. The third kappa shape index (κ3) is 4.71. The molecule has 0 bridgehead atoms. The van der Waals surface area contributed by atoms with Crippen molar-refractivity contribution in [3.63, 3.8) is 0 Å². The fraction of sp³-hybridized carbons (Fsp3) is 0.318. The summed E-state index contributed by atoms with van der Waals surface area (Å²) in [4.78, 5) is 28.5. The fourth-order valence-electron chi connectivity index (χ4n) is 3.63. The molecule has 1 N–H and O–H groups in total. The van der Waals surface area contributed by atoms with Crippen molar-refractivity contribution < 1.29 is 4.79 Å². The standard InChI is InChI=1S/C22H25N7O/c1-16-13-20(26-19-8-3-5-11-23-19)27-22(25-16)18-7-4-6-12-29(18)21(30)10-9-17-14-24-28(2)15-17/h3,5,8-11,13-15,18H,4,6-7,12H2,1-2H3,(H,23,25,26,27)/b10-9+/t18-/m1/s1. The highest BCUT2D eigenvalue weighted by atomic mass is 16.2. The average Bonchev–Trinajstić information content (AvgIpc) is 3.17. The second kappa shape index (κ2) is 8.86. The van der Waals surface area contributed by atoms with Crippen LogP contribution in [0.3, 0.4) is 0 Å². The SMILES string of the molecule is Cc1cc(Nc2ccccn2)nc([C@H]2CCCCN2C(=O)/C=C/c2cnn(C)c2)n1. The van der Waals surface area contributed by atoms with Gasteiger partial charge in [0.05, 0.1) is 12.2 Å². The van der Waals surface area contributed by atoms with Gasteiger partial charge in [-0.2, -0.15) is 5.10 Å². The Morgan fingerprint density at radius 3 is 2.90 bits per heavy atom. The van der Waals surface area contributed by atoms with Crippen molar-refractivity contribution in [1.29, 1.82) is 0 Å². The van der Waals surface area contributed by atoms with Crippen molar-refractivity contribution in [1.82, 2.24) is 29.6 Å². The maximum absolute atomic E-state index is 13.0. The van der Waals surface area contributed by atoms with E-state index in [1.54, 1.807) is 29.2 Å². The number of likely N-dealkylation sites (tertiary alicyclic amines) is 1. The second-order valence-corrected chi connectivity index (χ2v) is 7.42. The summed E-state index contributed by atoms with van der Waals surface area (Å²) in [5.41, 5.74) is 1.75. The topological polar surface area (TPSA) is 88.8 Å². The molecule has 8 nitrogen and oxygen atoms in total. The van der Waals surface area contributed by atoms with Gasteiger partial charge in [-0.1, -0.05) is 6.07 Å². The Hall–Kier alpha value is -3.55. The summed E-state index contributed by atoms with van der Waals surface area (Å²) in [5.74, 6) is 2.03. The highest BCUT2D eigenvalue weighted by molar-refractivity contribution is 5.92. The molecule has 8 heteroatoms. The third-order valence-corrected chi connectivity index (χ3v) is 5.02. The van der Waals surface area contributed by atoms with Crippen molar-refractivity contribution >= 4 is 23.6 Å². The molecule has 4 heterocycles. The number of aromatic nitrogens is 5. The lowest BCUT2D eigenvalue weighted by atomic mass is 10.0. The molecule has 1 saturated heterocycles. The van der Waals surface area contributed by atoms with Crippen LogP contribution in [-0.4, -0.2) is 42.1 Å². The first-order chi connectivity index (χ1) is 14.6. The first-order valence-corrected chi connectivity index (χ1v) is 10.1. The Labute approximate surface area is 175 Å². The number of piperidine rings is 1. The van der Waals surface area contributed by atoms with E-state index in [1.807, 2.05) is 49.3 Å². The van der Waals surface area contributed by atoms with Gasteiger partial charge in [-0.05, 0) is 44.4 Å². The highest BCUT2D eigenvalue weighted by Gasteiger charge is 2.29. The van der Waals surface area contributed by atoms with Crippen LogP contribution in [0.5, 0.6) is 0 Å². The number of carbonyl (C=O) groups is 1. The quantitative estimate of drug-likeness (QED) is 0.657. The normalized spacial score (nSPS) is 16.7. The van der Waals surface area contributed by atoms with Crippen LogP contribution in [0.4, 0.5) is 11.6 Å². The molecule has 0 radical (unpaired) electrons. The van der Waals surface area contributed by atoms with Crippen LogP contribution in [0.25, 0.3) is 6.08 Å². The molecule has 1 amide bonds. The predicted molar refractivity (Wildman–Crippen MR) is 115 cm³/mol. The zero-order valence-electron chi connectivity index (χ0n) is 17.2. The summed E-state index contributed by atoms with van der Waals surface area (Å²) < 4.78 is 1.71. The van der Waals surface area contributed by atoms with Gasteiger partial charge >= 0.3 is 0 Å². The average molecular weight is 403 g/mol. The van der Waals surface area contributed by atoms with Crippen LogP contribution in [0.2, 0.25) is 0 Å². The van der Waals surface area contributed by atoms with E-state index < -0.39 is 0 Å². The van der Waals surface area contributed by atoms with Gasteiger partial charge in [0.1, 0.15) is 11.6 Å². The minimum atomic E-state index is -0.144. The molecule has 30 heavy (non-hydrogen) atoms. The number of aryl methyl sites for hydroxylation is 2. The Morgan fingerprint density at radius 2 is 2.13 bits per heavy atom. The fourth-order valence-corrected chi connectivity index (χ4v) is 3.63. The van der Waals surface area contributed by atoms with Crippen LogP contribution >= 0.6 is 0 Å². The summed E-state index contributed by atoms with van der Waals surface area (Å²) in [6.45, 7) is 2.63. The summed E-state index contributed by atoms with van der Waals surface area (Å²) in [7, 11) is 1.85. The predicted octanol–water partition coefficient (Wildman–Crippen LogP) is 3.42. The first kappa shape index (κ1) is 19.8. The van der Waals surface area contributed by atoms with E-state index in [4.69, 9.17) is 4.98 Å². The van der Waals surface area contributed by atoms with E-state index in [0.29, 0.717) is 18.2 Å². The van der Waals surface area contributed by atoms with Crippen molar-refractivity contribution in [3.05, 3.63) is 66.0 Å². The van der Waals surface area contributed by atoms with Crippen LogP contribution in [0.1, 0.15) is 42.4 Å². The lowest BCUT2D eigenvalue weighted by Gasteiger charge is -2.34. The number of amides is 1.